The second-order valence-corrected chi connectivity index (χ2v) is 6.47. The summed E-state index contributed by atoms with van der Waals surface area (Å²) in [4.78, 5) is 29.4. The van der Waals surface area contributed by atoms with Crippen LogP contribution < -0.4 is 5.32 Å². The number of nitrogens with one attached hydrogen (secondary N) is 1. The Bertz CT molecular complexity index is 945. The summed E-state index contributed by atoms with van der Waals surface area (Å²) in [5, 5.41) is 4.99. The summed E-state index contributed by atoms with van der Waals surface area (Å²) in [6.07, 6.45) is 1.53. The minimum atomic E-state index is -0.505. The third kappa shape index (κ3) is 3.52. The molecule has 0 aliphatic rings. The molecule has 0 radical (unpaired) electrons. The highest BCUT2D eigenvalue weighted by atomic mass is 32.1. The number of hydrogen-bond acceptors (Lipinski definition) is 6. The molecule has 0 spiro atoms. The van der Waals surface area contributed by atoms with Gasteiger partial charge in [0.25, 0.3) is 5.91 Å². The molecule has 26 heavy (non-hydrogen) atoms. The first-order valence-electron chi connectivity index (χ1n) is 8.09. The number of nitrogens with zero attached hydrogens (tertiary/aromatic N) is 1. The highest BCUT2D eigenvalue weighted by Crippen LogP contribution is 2.36. The van der Waals surface area contributed by atoms with Gasteiger partial charge in [0.15, 0.2) is 0 Å². The van der Waals surface area contributed by atoms with Crippen LogP contribution in [0.2, 0.25) is 0 Å². The fraction of sp³-hybridized carbons (Fsp3) is 0.211. The lowest BCUT2D eigenvalue weighted by Crippen LogP contribution is -2.16. The van der Waals surface area contributed by atoms with Gasteiger partial charge in [0.05, 0.1) is 24.1 Å². The van der Waals surface area contributed by atoms with Crippen LogP contribution in [0, 0.1) is 13.8 Å². The van der Waals surface area contributed by atoms with E-state index in [4.69, 9.17) is 9.15 Å². The molecule has 6 nitrogen and oxygen atoms in total. The van der Waals surface area contributed by atoms with Gasteiger partial charge in [-0.2, -0.15) is 0 Å². The van der Waals surface area contributed by atoms with E-state index in [9.17, 15) is 9.59 Å². The molecule has 0 saturated carbocycles. The number of carbonyl (C=O) groups is 2. The Hall–Kier alpha value is -2.93. The summed E-state index contributed by atoms with van der Waals surface area (Å²) in [6.45, 7) is 5.61. The quantitative estimate of drug-likeness (QED) is 0.671. The number of ether oxygens (including phenoxy) is 1. The molecule has 3 aromatic heterocycles. The van der Waals surface area contributed by atoms with Gasteiger partial charge in [-0.3, -0.25) is 9.78 Å². The van der Waals surface area contributed by atoms with Crippen molar-refractivity contribution < 1.29 is 18.7 Å². The fourth-order valence-electron chi connectivity index (χ4n) is 2.57. The van der Waals surface area contributed by atoms with Crippen LogP contribution >= 0.6 is 11.3 Å². The summed E-state index contributed by atoms with van der Waals surface area (Å²) in [6, 6.07) is 6.99. The van der Waals surface area contributed by atoms with Crippen LogP contribution in [-0.4, -0.2) is 23.5 Å². The van der Waals surface area contributed by atoms with E-state index < -0.39 is 5.97 Å². The van der Waals surface area contributed by atoms with Crippen molar-refractivity contribution in [1.29, 1.82) is 0 Å². The second-order valence-electron chi connectivity index (χ2n) is 5.59. The predicted molar refractivity (Wildman–Crippen MR) is 99.6 cm³/mol. The van der Waals surface area contributed by atoms with Gasteiger partial charge in [-0.05, 0) is 45.0 Å². The normalized spacial score (nSPS) is 10.6. The van der Waals surface area contributed by atoms with E-state index in [1.807, 2.05) is 6.92 Å². The van der Waals surface area contributed by atoms with Crippen LogP contribution in [-0.2, 0) is 4.74 Å². The number of rotatable bonds is 5. The molecule has 0 bridgehead atoms. The lowest BCUT2D eigenvalue weighted by Gasteiger charge is -2.09. The van der Waals surface area contributed by atoms with E-state index in [0.29, 0.717) is 27.6 Å². The third-order valence-electron chi connectivity index (χ3n) is 3.75. The van der Waals surface area contributed by atoms with Crippen LogP contribution in [0.3, 0.4) is 0 Å². The summed E-state index contributed by atoms with van der Waals surface area (Å²) >= 11 is 1.25. The zero-order valence-corrected chi connectivity index (χ0v) is 15.5. The Labute approximate surface area is 154 Å². The Balaban J connectivity index is 1.97. The topological polar surface area (TPSA) is 81.4 Å². The summed E-state index contributed by atoms with van der Waals surface area (Å²) in [7, 11) is 0. The maximum atomic E-state index is 12.7. The first-order valence-corrected chi connectivity index (χ1v) is 8.97. The van der Waals surface area contributed by atoms with E-state index in [0.717, 1.165) is 5.69 Å². The first-order chi connectivity index (χ1) is 12.5. The number of aryl methyl sites for hydroxylation is 2. The zero-order chi connectivity index (χ0) is 18.7. The van der Waals surface area contributed by atoms with Gasteiger partial charge < -0.3 is 14.5 Å². The third-order valence-corrected chi connectivity index (χ3v) is 4.65. The number of pyridine rings is 1. The van der Waals surface area contributed by atoms with Gasteiger partial charge in [0.1, 0.15) is 16.3 Å². The van der Waals surface area contributed by atoms with Crippen molar-refractivity contribution in [3.63, 3.8) is 0 Å². The highest BCUT2D eigenvalue weighted by molar-refractivity contribution is 7.15. The average Bonchev–Trinajstić information content (AvgIpc) is 3.24. The van der Waals surface area contributed by atoms with E-state index in [1.165, 1.54) is 17.6 Å². The monoisotopic (exact) mass is 370 g/mol. The number of thiophene rings is 1. The molecule has 0 aliphatic carbocycles. The number of amides is 1. The molecule has 0 atom stereocenters. The largest absolute Gasteiger partial charge is 0.464 e. The summed E-state index contributed by atoms with van der Waals surface area (Å²) < 4.78 is 10.6. The lowest BCUT2D eigenvalue weighted by atomic mass is 10.1. The number of anilines is 1. The Morgan fingerprint density at radius 3 is 2.73 bits per heavy atom. The number of carbonyl (C=O) groups excluding carboxylic acids is 2. The van der Waals surface area contributed by atoms with Crippen molar-refractivity contribution >= 4 is 28.2 Å². The molecule has 1 amide bonds. The maximum absolute atomic E-state index is 12.7. The van der Waals surface area contributed by atoms with Crippen LogP contribution in [0.5, 0.6) is 0 Å². The minimum absolute atomic E-state index is 0.237. The zero-order valence-electron chi connectivity index (χ0n) is 14.7. The number of aromatic nitrogens is 1. The van der Waals surface area contributed by atoms with Crippen molar-refractivity contribution in [2.24, 2.45) is 0 Å². The average molecular weight is 370 g/mol. The molecule has 3 heterocycles. The Kier molecular flexibility index (Phi) is 5.18. The van der Waals surface area contributed by atoms with Crippen molar-refractivity contribution in [1.82, 2.24) is 4.98 Å². The highest BCUT2D eigenvalue weighted by Gasteiger charge is 2.24. The molecule has 134 valence electrons. The van der Waals surface area contributed by atoms with E-state index in [-0.39, 0.29) is 18.1 Å². The van der Waals surface area contributed by atoms with Gasteiger partial charge >= 0.3 is 5.97 Å². The summed E-state index contributed by atoms with van der Waals surface area (Å²) in [5.74, 6) is -0.291. The van der Waals surface area contributed by atoms with Gasteiger partial charge in [-0.15, -0.1) is 11.3 Å². The molecule has 0 unspecified atom stereocenters. The van der Waals surface area contributed by atoms with Crippen LogP contribution in [0.25, 0.3) is 11.3 Å². The molecule has 0 aliphatic heterocycles. The van der Waals surface area contributed by atoms with Crippen LogP contribution in [0.15, 0.2) is 40.3 Å². The second kappa shape index (κ2) is 7.53. The van der Waals surface area contributed by atoms with Crippen molar-refractivity contribution in [3.8, 4) is 11.3 Å². The molecule has 0 aromatic carbocycles. The first kappa shape index (κ1) is 17.9. The molecule has 0 fully saturated rings. The van der Waals surface area contributed by atoms with Crippen molar-refractivity contribution in [2.75, 3.05) is 11.9 Å². The number of furan rings is 1. The molecule has 7 heteroatoms. The Morgan fingerprint density at radius 2 is 2.08 bits per heavy atom. The molecule has 3 rings (SSSR count). The van der Waals surface area contributed by atoms with E-state index in [1.54, 1.807) is 43.5 Å². The smallest absolute Gasteiger partial charge is 0.341 e. The van der Waals surface area contributed by atoms with Crippen molar-refractivity contribution in [3.05, 3.63) is 58.4 Å². The molecule has 3 aromatic rings. The minimum Gasteiger partial charge on any atom is -0.464 e. The van der Waals surface area contributed by atoms with Gasteiger partial charge in [0.2, 0.25) is 0 Å². The Morgan fingerprint density at radius 1 is 1.27 bits per heavy atom. The van der Waals surface area contributed by atoms with E-state index in [2.05, 4.69) is 10.3 Å². The van der Waals surface area contributed by atoms with Gasteiger partial charge in [-0.25, -0.2) is 4.79 Å². The van der Waals surface area contributed by atoms with Gasteiger partial charge in [-0.1, -0.05) is 0 Å². The SMILES string of the molecule is CCOC(=O)c1c(-c2ccco2)csc1NC(=O)c1ccc(C)nc1C. The lowest BCUT2D eigenvalue weighted by molar-refractivity contribution is 0.0529. The van der Waals surface area contributed by atoms with Crippen molar-refractivity contribution in [2.45, 2.75) is 20.8 Å². The fourth-order valence-corrected chi connectivity index (χ4v) is 3.50. The molecular weight excluding hydrogens is 352 g/mol. The molecule has 1 N–H and O–H groups in total. The predicted octanol–water partition coefficient (Wildman–Crippen LogP) is 4.45. The molecule has 0 saturated heterocycles. The maximum Gasteiger partial charge on any atom is 0.341 e. The van der Waals surface area contributed by atoms with E-state index >= 15 is 0 Å². The van der Waals surface area contributed by atoms with Crippen LogP contribution in [0.1, 0.15) is 39.0 Å². The van der Waals surface area contributed by atoms with Gasteiger partial charge in [0, 0.05) is 16.6 Å². The summed E-state index contributed by atoms with van der Waals surface area (Å²) in [5.41, 5.74) is 2.80. The standard InChI is InChI=1S/C19H18N2O4S/c1-4-24-19(23)16-14(15-6-5-9-25-15)10-26-18(16)21-17(22)13-8-7-11(2)20-12(13)3/h5-10H,4H2,1-3H3,(H,21,22). The number of esters is 1. The molecular formula is C19H18N2O4S. The van der Waals surface area contributed by atoms with Crippen LogP contribution in [0.4, 0.5) is 5.00 Å². The number of hydrogen-bond donors (Lipinski definition) is 1.